The largest absolute Gasteiger partial charge is 0.506 e. The van der Waals surface area contributed by atoms with Crippen LogP contribution in [0.4, 0.5) is 13.2 Å². The molecule has 0 unspecified atom stereocenters. The van der Waals surface area contributed by atoms with Crippen LogP contribution in [0.25, 0.3) is 0 Å². The van der Waals surface area contributed by atoms with Crippen molar-refractivity contribution in [1.29, 1.82) is 0 Å². The molecule has 0 spiro atoms. The monoisotopic (exact) mass is 179 g/mol. The molecule has 0 radical (unpaired) electrons. The lowest BCUT2D eigenvalue weighted by molar-refractivity contribution is -0.140. The Morgan fingerprint density at radius 2 is 1.50 bits per heavy atom. The van der Waals surface area contributed by atoms with Crippen LogP contribution in [0.2, 0.25) is 0 Å². The molecule has 0 aliphatic rings. The van der Waals surface area contributed by atoms with Crippen LogP contribution in [0.1, 0.15) is 5.56 Å². The Morgan fingerprint density at radius 3 is 1.75 bits per heavy atom. The van der Waals surface area contributed by atoms with Crippen molar-refractivity contribution in [3.05, 3.63) is 18.0 Å². The van der Waals surface area contributed by atoms with Crippen molar-refractivity contribution in [1.82, 2.24) is 4.98 Å². The minimum absolute atomic E-state index is 0.614. The summed E-state index contributed by atoms with van der Waals surface area (Å²) in [4.78, 5) is 3.16. The first-order valence-corrected chi connectivity index (χ1v) is 2.86. The van der Waals surface area contributed by atoms with E-state index >= 15 is 0 Å². The Kier molecular flexibility index (Phi) is 1.83. The van der Waals surface area contributed by atoms with Gasteiger partial charge in [-0.25, -0.2) is 0 Å². The van der Waals surface area contributed by atoms with E-state index in [0.29, 0.717) is 12.4 Å². The van der Waals surface area contributed by atoms with Crippen LogP contribution in [0, 0.1) is 0 Å². The first kappa shape index (κ1) is 8.63. The maximum absolute atomic E-state index is 12.0. The molecule has 6 heteroatoms. The van der Waals surface area contributed by atoms with E-state index in [9.17, 15) is 13.2 Å². The van der Waals surface area contributed by atoms with E-state index in [-0.39, 0.29) is 0 Å². The Morgan fingerprint density at radius 1 is 1.08 bits per heavy atom. The number of hydrogen-bond donors (Lipinski definition) is 2. The number of aromatic hydroxyl groups is 2. The van der Waals surface area contributed by atoms with Crippen LogP contribution < -0.4 is 0 Å². The minimum Gasteiger partial charge on any atom is -0.506 e. The molecule has 0 amide bonds. The zero-order chi connectivity index (χ0) is 9.35. The summed E-state index contributed by atoms with van der Waals surface area (Å²) in [5, 5.41) is 17.4. The topological polar surface area (TPSA) is 53.4 Å². The highest BCUT2D eigenvalue weighted by molar-refractivity contribution is 5.41. The van der Waals surface area contributed by atoms with Gasteiger partial charge in [0.05, 0.1) is 12.4 Å². The predicted molar refractivity (Wildman–Crippen MR) is 32.6 cm³/mol. The summed E-state index contributed by atoms with van der Waals surface area (Å²) in [6.07, 6.45) is -3.54. The molecule has 0 fully saturated rings. The third-order valence-corrected chi connectivity index (χ3v) is 1.19. The van der Waals surface area contributed by atoms with E-state index in [1.54, 1.807) is 0 Å². The molecule has 0 saturated carbocycles. The van der Waals surface area contributed by atoms with Gasteiger partial charge in [0.25, 0.3) is 0 Å². The fourth-order valence-electron chi connectivity index (χ4n) is 0.729. The molecule has 1 rings (SSSR count). The highest BCUT2D eigenvalue weighted by atomic mass is 19.4. The van der Waals surface area contributed by atoms with Gasteiger partial charge >= 0.3 is 6.18 Å². The highest BCUT2D eigenvalue weighted by Crippen LogP contribution is 2.40. The molecule has 66 valence electrons. The van der Waals surface area contributed by atoms with Gasteiger partial charge in [0, 0.05) is 0 Å². The second kappa shape index (κ2) is 2.54. The number of nitrogens with zero attached hydrogens (tertiary/aromatic N) is 1. The highest BCUT2D eigenvalue weighted by Gasteiger charge is 2.37. The molecule has 0 aliphatic heterocycles. The third kappa shape index (κ3) is 1.41. The Labute approximate surface area is 65.1 Å². The van der Waals surface area contributed by atoms with Gasteiger partial charge in [-0.05, 0) is 0 Å². The molecule has 2 N–H and O–H groups in total. The zero-order valence-electron chi connectivity index (χ0n) is 5.63. The van der Waals surface area contributed by atoms with Gasteiger partial charge < -0.3 is 10.2 Å². The fraction of sp³-hybridized carbons (Fsp3) is 0.167. The molecule has 0 aliphatic carbocycles. The molecular weight excluding hydrogens is 175 g/mol. The number of halogens is 3. The maximum atomic E-state index is 12.0. The number of alkyl halides is 3. The smallest absolute Gasteiger partial charge is 0.423 e. The van der Waals surface area contributed by atoms with Crippen LogP contribution in [-0.4, -0.2) is 15.2 Å². The molecule has 3 nitrogen and oxygen atoms in total. The van der Waals surface area contributed by atoms with E-state index in [1.165, 1.54) is 0 Å². The molecule has 1 aromatic heterocycles. The summed E-state index contributed by atoms with van der Waals surface area (Å²) < 4.78 is 35.9. The average Bonchev–Trinajstić information content (AvgIpc) is 1.82. The van der Waals surface area contributed by atoms with Crippen molar-refractivity contribution in [2.24, 2.45) is 0 Å². The standard InChI is InChI=1S/C6H4F3NO2/c7-6(8,9)5-3(11)1-10-2-4(5)12/h1-2,11-12H. The normalized spacial score (nSPS) is 11.6. The second-order valence-electron chi connectivity index (χ2n) is 2.05. The Hall–Kier alpha value is -1.46. The predicted octanol–water partition coefficient (Wildman–Crippen LogP) is 1.51. The van der Waals surface area contributed by atoms with E-state index < -0.39 is 23.2 Å². The van der Waals surface area contributed by atoms with E-state index in [0.717, 1.165) is 0 Å². The molecule has 0 aromatic carbocycles. The van der Waals surface area contributed by atoms with E-state index in [4.69, 9.17) is 10.2 Å². The Bertz CT molecular complexity index is 277. The lowest BCUT2D eigenvalue weighted by atomic mass is 10.2. The third-order valence-electron chi connectivity index (χ3n) is 1.19. The van der Waals surface area contributed by atoms with Crippen LogP contribution in [0.3, 0.4) is 0 Å². The number of aromatic nitrogens is 1. The van der Waals surface area contributed by atoms with Crippen molar-refractivity contribution >= 4 is 0 Å². The van der Waals surface area contributed by atoms with Crippen molar-refractivity contribution in [2.75, 3.05) is 0 Å². The van der Waals surface area contributed by atoms with Gasteiger partial charge in [0.15, 0.2) is 0 Å². The van der Waals surface area contributed by atoms with E-state index in [2.05, 4.69) is 4.98 Å². The summed E-state index contributed by atoms with van der Waals surface area (Å²) in [5.41, 5.74) is -1.46. The van der Waals surface area contributed by atoms with E-state index in [1.807, 2.05) is 0 Å². The molecule has 1 aromatic rings. The van der Waals surface area contributed by atoms with Crippen molar-refractivity contribution in [2.45, 2.75) is 6.18 Å². The molecule has 0 saturated heterocycles. The molecule has 0 bridgehead atoms. The van der Waals surface area contributed by atoms with Gasteiger partial charge in [-0.3, -0.25) is 4.98 Å². The molecule has 1 heterocycles. The van der Waals surface area contributed by atoms with Crippen molar-refractivity contribution in [3.63, 3.8) is 0 Å². The Balaban J connectivity index is 3.31. The van der Waals surface area contributed by atoms with Gasteiger partial charge in [-0.15, -0.1) is 0 Å². The lowest BCUT2D eigenvalue weighted by Crippen LogP contribution is -2.05. The van der Waals surface area contributed by atoms with Gasteiger partial charge in [0.2, 0.25) is 0 Å². The van der Waals surface area contributed by atoms with Gasteiger partial charge in [-0.1, -0.05) is 0 Å². The quantitative estimate of drug-likeness (QED) is 0.634. The SMILES string of the molecule is Oc1cncc(O)c1C(F)(F)F. The van der Waals surface area contributed by atoms with Gasteiger partial charge in [-0.2, -0.15) is 13.2 Å². The maximum Gasteiger partial charge on any atom is 0.423 e. The van der Waals surface area contributed by atoms with Crippen molar-refractivity contribution in [3.8, 4) is 11.5 Å². The fourth-order valence-corrected chi connectivity index (χ4v) is 0.729. The van der Waals surface area contributed by atoms with Crippen LogP contribution in [-0.2, 0) is 6.18 Å². The molecular formula is C6H4F3NO2. The van der Waals surface area contributed by atoms with Crippen LogP contribution >= 0.6 is 0 Å². The second-order valence-corrected chi connectivity index (χ2v) is 2.05. The van der Waals surface area contributed by atoms with Crippen LogP contribution in [0.5, 0.6) is 11.5 Å². The first-order valence-electron chi connectivity index (χ1n) is 2.86. The summed E-state index contributed by atoms with van der Waals surface area (Å²) in [5.74, 6) is -2.16. The van der Waals surface area contributed by atoms with Crippen LogP contribution in [0.15, 0.2) is 12.4 Å². The zero-order valence-corrected chi connectivity index (χ0v) is 5.63. The lowest BCUT2D eigenvalue weighted by Gasteiger charge is -2.08. The summed E-state index contributed by atoms with van der Waals surface area (Å²) >= 11 is 0. The van der Waals surface area contributed by atoms with Gasteiger partial charge in [0.1, 0.15) is 17.1 Å². The number of rotatable bonds is 0. The number of hydrogen-bond acceptors (Lipinski definition) is 3. The summed E-state index contributed by atoms with van der Waals surface area (Å²) in [6, 6.07) is 0. The number of pyridine rings is 1. The summed E-state index contributed by atoms with van der Waals surface area (Å²) in [7, 11) is 0. The average molecular weight is 179 g/mol. The molecule has 0 atom stereocenters. The minimum atomic E-state index is -4.77. The molecule has 12 heavy (non-hydrogen) atoms. The van der Waals surface area contributed by atoms with Crippen molar-refractivity contribution < 1.29 is 23.4 Å². The first-order chi connectivity index (χ1) is 5.43. The summed E-state index contributed by atoms with van der Waals surface area (Å²) in [6.45, 7) is 0.